The van der Waals surface area contributed by atoms with E-state index in [1.807, 2.05) is 12.1 Å². The molecular weight excluding hydrogens is 230 g/mol. The first-order chi connectivity index (χ1) is 8.38. The summed E-state index contributed by atoms with van der Waals surface area (Å²) in [6.07, 6.45) is 1.74. The van der Waals surface area contributed by atoms with E-state index in [0.717, 1.165) is 11.1 Å². The summed E-state index contributed by atoms with van der Waals surface area (Å²) in [6.45, 7) is 0. The Bertz CT molecular complexity index is 660. The number of nitrogens with zero attached hydrogens (tertiary/aromatic N) is 1. The van der Waals surface area contributed by atoms with Crippen molar-refractivity contribution in [3.63, 3.8) is 0 Å². The molecule has 0 bridgehead atoms. The molecule has 0 unspecified atom stereocenters. The summed E-state index contributed by atoms with van der Waals surface area (Å²) in [4.78, 5) is 4.22. The normalized spacial score (nSPS) is 10.6. The topological polar surface area (TPSA) is 22.1 Å². The minimum absolute atomic E-state index is 0.669. The van der Waals surface area contributed by atoms with Crippen molar-refractivity contribution in [1.82, 2.24) is 4.98 Å². The van der Waals surface area contributed by atoms with Crippen LogP contribution in [0.4, 0.5) is 0 Å². The van der Waals surface area contributed by atoms with E-state index in [2.05, 4.69) is 34.6 Å². The molecule has 0 saturated heterocycles. The van der Waals surface area contributed by atoms with Crippen molar-refractivity contribution in [3.8, 4) is 17.0 Å². The third kappa shape index (κ3) is 1.78. The molecule has 3 aromatic rings. The summed E-state index contributed by atoms with van der Waals surface area (Å²) < 4.78 is 6.59. The lowest BCUT2D eigenvalue weighted by Crippen LogP contribution is -1.90. The van der Waals surface area contributed by atoms with Gasteiger partial charge in [-0.2, -0.15) is 0 Å². The lowest BCUT2D eigenvalue weighted by Gasteiger charge is -2.06. The highest BCUT2D eigenvalue weighted by Gasteiger charge is 2.06. The van der Waals surface area contributed by atoms with Crippen LogP contribution in [0.5, 0.6) is 5.88 Å². The quantitative estimate of drug-likeness (QED) is 0.677. The van der Waals surface area contributed by atoms with Crippen LogP contribution in [-0.4, -0.2) is 12.1 Å². The maximum Gasteiger partial charge on any atom is 0.221 e. The van der Waals surface area contributed by atoms with Gasteiger partial charge in [-0.05, 0) is 46.7 Å². The molecule has 2 heterocycles. The fraction of sp³-hybridized carbons (Fsp3) is 0.0714. The van der Waals surface area contributed by atoms with Gasteiger partial charge in [0.25, 0.3) is 0 Å². The van der Waals surface area contributed by atoms with Crippen molar-refractivity contribution in [3.05, 3.63) is 48.0 Å². The van der Waals surface area contributed by atoms with E-state index in [0.29, 0.717) is 5.88 Å². The summed E-state index contributed by atoms with van der Waals surface area (Å²) >= 11 is 1.75. The van der Waals surface area contributed by atoms with Crippen LogP contribution in [-0.2, 0) is 0 Å². The average Bonchev–Trinajstić information content (AvgIpc) is 2.85. The molecule has 0 aliphatic carbocycles. The number of methoxy groups -OCH3 is 1. The Morgan fingerprint density at radius 1 is 1.18 bits per heavy atom. The highest BCUT2D eigenvalue weighted by Crippen LogP contribution is 2.31. The minimum Gasteiger partial charge on any atom is -0.481 e. The van der Waals surface area contributed by atoms with E-state index in [1.165, 1.54) is 10.1 Å². The number of rotatable bonds is 2. The first kappa shape index (κ1) is 10.3. The molecular formula is C14H11NOS. The molecule has 3 rings (SSSR count). The van der Waals surface area contributed by atoms with Gasteiger partial charge in [-0.3, -0.25) is 0 Å². The van der Waals surface area contributed by atoms with Gasteiger partial charge in [0.15, 0.2) is 0 Å². The number of ether oxygens (including phenoxy) is 1. The lowest BCUT2D eigenvalue weighted by atomic mass is 10.1. The Balaban J connectivity index is 2.19. The first-order valence-corrected chi connectivity index (χ1v) is 6.23. The van der Waals surface area contributed by atoms with Crippen LogP contribution in [0.1, 0.15) is 0 Å². The van der Waals surface area contributed by atoms with E-state index in [1.54, 1.807) is 24.6 Å². The molecule has 0 spiro atoms. The van der Waals surface area contributed by atoms with Crippen LogP contribution in [0.25, 0.3) is 21.2 Å². The smallest absolute Gasteiger partial charge is 0.221 e. The average molecular weight is 241 g/mol. The summed E-state index contributed by atoms with van der Waals surface area (Å²) in [7, 11) is 1.65. The number of fused-ring (bicyclic) bond motifs is 1. The Morgan fingerprint density at radius 2 is 2.12 bits per heavy atom. The van der Waals surface area contributed by atoms with Crippen LogP contribution in [0.3, 0.4) is 0 Å². The molecule has 17 heavy (non-hydrogen) atoms. The van der Waals surface area contributed by atoms with Crippen molar-refractivity contribution in [1.29, 1.82) is 0 Å². The third-order valence-corrected chi connectivity index (χ3v) is 3.63. The molecule has 0 N–H and O–H groups in total. The highest BCUT2D eigenvalue weighted by molar-refractivity contribution is 7.17. The van der Waals surface area contributed by atoms with E-state index in [9.17, 15) is 0 Å². The molecule has 2 nitrogen and oxygen atoms in total. The molecule has 0 saturated carbocycles. The maximum absolute atomic E-state index is 5.28. The molecule has 0 fully saturated rings. The van der Waals surface area contributed by atoms with E-state index < -0.39 is 0 Å². The monoisotopic (exact) mass is 241 g/mol. The van der Waals surface area contributed by atoms with Crippen molar-refractivity contribution in [2.24, 2.45) is 0 Å². The maximum atomic E-state index is 5.28. The largest absolute Gasteiger partial charge is 0.481 e. The minimum atomic E-state index is 0.669. The zero-order valence-electron chi connectivity index (χ0n) is 9.38. The van der Waals surface area contributed by atoms with Crippen LogP contribution < -0.4 is 4.74 Å². The molecule has 0 radical (unpaired) electrons. The van der Waals surface area contributed by atoms with Crippen molar-refractivity contribution in [2.75, 3.05) is 7.11 Å². The zero-order valence-corrected chi connectivity index (χ0v) is 10.2. The van der Waals surface area contributed by atoms with E-state index in [-0.39, 0.29) is 0 Å². The Morgan fingerprint density at radius 3 is 3.00 bits per heavy atom. The first-order valence-electron chi connectivity index (χ1n) is 5.35. The summed E-state index contributed by atoms with van der Waals surface area (Å²) in [6, 6.07) is 12.5. The number of benzene rings is 1. The van der Waals surface area contributed by atoms with Crippen LogP contribution in [0.15, 0.2) is 48.0 Å². The molecule has 3 heteroatoms. The number of pyridine rings is 1. The SMILES string of the molecule is COc1ncccc1-c1ccc2sccc2c1. The van der Waals surface area contributed by atoms with Gasteiger partial charge < -0.3 is 4.74 Å². The van der Waals surface area contributed by atoms with Crippen molar-refractivity contribution >= 4 is 21.4 Å². The number of hydrogen-bond donors (Lipinski definition) is 0. The standard InChI is InChI=1S/C14H11NOS/c1-16-14-12(3-2-7-15-14)10-4-5-13-11(9-10)6-8-17-13/h2-9H,1H3. The fourth-order valence-electron chi connectivity index (χ4n) is 1.91. The predicted octanol–water partition coefficient (Wildman–Crippen LogP) is 3.97. The van der Waals surface area contributed by atoms with Gasteiger partial charge in [-0.25, -0.2) is 4.98 Å². The van der Waals surface area contributed by atoms with E-state index in [4.69, 9.17) is 4.74 Å². The summed E-state index contributed by atoms with van der Waals surface area (Å²) in [5, 5.41) is 3.37. The Kier molecular flexibility index (Phi) is 2.53. The van der Waals surface area contributed by atoms with Gasteiger partial charge in [-0.1, -0.05) is 6.07 Å². The van der Waals surface area contributed by atoms with Crippen LogP contribution >= 0.6 is 11.3 Å². The predicted molar refractivity (Wildman–Crippen MR) is 71.6 cm³/mol. The highest BCUT2D eigenvalue weighted by atomic mass is 32.1. The van der Waals surface area contributed by atoms with Crippen molar-refractivity contribution < 1.29 is 4.74 Å². The second kappa shape index (κ2) is 4.18. The van der Waals surface area contributed by atoms with E-state index >= 15 is 0 Å². The lowest BCUT2D eigenvalue weighted by molar-refractivity contribution is 0.399. The molecule has 2 aromatic heterocycles. The summed E-state index contributed by atoms with van der Waals surface area (Å²) in [5.74, 6) is 0.669. The molecule has 1 aromatic carbocycles. The Labute approximate surface area is 104 Å². The van der Waals surface area contributed by atoms with Gasteiger partial charge in [0.2, 0.25) is 5.88 Å². The molecule has 0 aliphatic rings. The fourth-order valence-corrected chi connectivity index (χ4v) is 2.68. The molecule has 0 aliphatic heterocycles. The molecule has 0 atom stereocenters. The number of thiophene rings is 1. The molecule has 84 valence electrons. The second-order valence-corrected chi connectivity index (χ2v) is 4.68. The van der Waals surface area contributed by atoms with Gasteiger partial charge in [0.1, 0.15) is 0 Å². The Hall–Kier alpha value is -1.87. The van der Waals surface area contributed by atoms with Crippen LogP contribution in [0.2, 0.25) is 0 Å². The summed E-state index contributed by atoms with van der Waals surface area (Å²) in [5.41, 5.74) is 2.17. The number of aromatic nitrogens is 1. The zero-order chi connectivity index (χ0) is 11.7. The van der Waals surface area contributed by atoms with Gasteiger partial charge in [0, 0.05) is 16.5 Å². The molecule has 0 amide bonds. The van der Waals surface area contributed by atoms with Gasteiger partial charge >= 0.3 is 0 Å². The second-order valence-electron chi connectivity index (χ2n) is 3.73. The van der Waals surface area contributed by atoms with Gasteiger partial charge in [0.05, 0.1) is 7.11 Å². The third-order valence-electron chi connectivity index (χ3n) is 2.73. The van der Waals surface area contributed by atoms with Crippen LogP contribution in [0, 0.1) is 0 Å². The number of hydrogen-bond acceptors (Lipinski definition) is 3. The van der Waals surface area contributed by atoms with Gasteiger partial charge in [-0.15, -0.1) is 11.3 Å². The van der Waals surface area contributed by atoms with Crippen molar-refractivity contribution in [2.45, 2.75) is 0 Å².